The van der Waals surface area contributed by atoms with E-state index in [1.54, 1.807) is 0 Å². The first kappa shape index (κ1) is 13.3. The average Bonchev–Trinajstić information content (AvgIpc) is 2.95. The summed E-state index contributed by atoms with van der Waals surface area (Å²) in [7, 11) is 0. The molecule has 1 heterocycles. The fourth-order valence-corrected chi connectivity index (χ4v) is 2.59. The summed E-state index contributed by atoms with van der Waals surface area (Å²) < 4.78 is 0. The third-order valence-electron chi connectivity index (χ3n) is 3.85. The van der Waals surface area contributed by atoms with Crippen molar-refractivity contribution in [2.75, 3.05) is 13.1 Å². The van der Waals surface area contributed by atoms with Crippen molar-refractivity contribution in [3.8, 4) is 0 Å². The Kier molecular flexibility index (Phi) is 4.58. The van der Waals surface area contributed by atoms with Gasteiger partial charge < -0.3 is 15.7 Å². The first-order valence-corrected chi connectivity index (χ1v) is 6.89. The summed E-state index contributed by atoms with van der Waals surface area (Å²) in [6, 6.07) is 0.395. The molecule has 2 rings (SSSR count). The Morgan fingerprint density at radius 2 is 2.11 bits per heavy atom. The second-order valence-corrected chi connectivity index (χ2v) is 5.43. The van der Waals surface area contributed by atoms with Crippen molar-refractivity contribution in [1.82, 2.24) is 10.6 Å². The van der Waals surface area contributed by atoms with Crippen LogP contribution < -0.4 is 10.6 Å². The first-order chi connectivity index (χ1) is 8.66. The van der Waals surface area contributed by atoms with Crippen molar-refractivity contribution in [2.45, 2.75) is 44.6 Å². The molecule has 1 saturated heterocycles. The highest BCUT2D eigenvalue weighted by Gasteiger charge is 2.30. The van der Waals surface area contributed by atoms with Crippen LogP contribution in [0.4, 0.5) is 0 Å². The van der Waals surface area contributed by atoms with Gasteiger partial charge in [0.2, 0.25) is 5.91 Å². The lowest BCUT2D eigenvalue weighted by Gasteiger charge is -2.18. The quantitative estimate of drug-likeness (QED) is 0.626. The summed E-state index contributed by atoms with van der Waals surface area (Å²) in [6.07, 6.45) is 4.87. The van der Waals surface area contributed by atoms with Crippen molar-refractivity contribution in [1.29, 1.82) is 0 Å². The van der Waals surface area contributed by atoms with Gasteiger partial charge >= 0.3 is 5.97 Å². The number of amides is 1. The van der Waals surface area contributed by atoms with Crippen LogP contribution in [-0.4, -0.2) is 36.1 Å². The Labute approximate surface area is 107 Å². The fraction of sp³-hybridized carbons (Fsp3) is 0.846. The highest BCUT2D eigenvalue weighted by atomic mass is 16.4. The molecule has 0 radical (unpaired) electrons. The molecule has 3 N–H and O–H groups in total. The summed E-state index contributed by atoms with van der Waals surface area (Å²) in [4.78, 5) is 22.7. The van der Waals surface area contributed by atoms with E-state index in [0.717, 1.165) is 32.4 Å². The second-order valence-electron chi connectivity index (χ2n) is 5.43. The monoisotopic (exact) mass is 254 g/mol. The molecule has 2 unspecified atom stereocenters. The van der Waals surface area contributed by atoms with Crippen LogP contribution in [0.1, 0.15) is 38.5 Å². The van der Waals surface area contributed by atoms with Crippen molar-refractivity contribution < 1.29 is 14.7 Å². The van der Waals surface area contributed by atoms with Gasteiger partial charge in [0.15, 0.2) is 0 Å². The molecule has 102 valence electrons. The Morgan fingerprint density at radius 3 is 2.67 bits per heavy atom. The lowest BCUT2D eigenvalue weighted by molar-refractivity contribution is -0.144. The molecule has 18 heavy (non-hydrogen) atoms. The van der Waals surface area contributed by atoms with E-state index in [2.05, 4.69) is 10.6 Å². The number of hydrogen-bond acceptors (Lipinski definition) is 3. The molecule has 2 fully saturated rings. The van der Waals surface area contributed by atoms with E-state index in [9.17, 15) is 14.7 Å². The lowest BCUT2D eigenvalue weighted by atomic mass is 9.87. The summed E-state index contributed by atoms with van der Waals surface area (Å²) >= 11 is 0. The number of rotatable bonds is 7. The molecule has 2 atom stereocenters. The molecule has 1 saturated carbocycles. The zero-order valence-corrected chi connectivity index (χ0v) is 10.7. The minimum Gasteiger partial charge on any atom is -0.481 e. The van der Waals surface area contributed by atoms with Gasteiger partial charge in [0.1, 0.15) is 0 Å². The maximum Gasteiger partial charge on any atom is 0.306 e. The van der Waals surface area contributed by atoms with E-state index in [0.29, 0.717) is 25.3 Å². The van der Waals surface area contributed by atoms with Gasteiger partial charge in [-0.2, -0.15) is 0 Å². The molecule has 5 heteroatoms. The van der Waals surface area contributed by atoms with Crippen LogP contribution in [0.2, 0.25) is 0 Å². The van der Waals surface area contributed by atoms with E-state index in [4.69, 9.17) is 0 Å². The van der Waals surface area contributed by atoms with Gasteiger partial charge in [-0.25, -0.2) is 0 Å². The molecule has 1 aliphatic heterocycles. The smallest absolute Gasteiger partial charge is 0.306 e. The lowest BCUT2D eigenvalue weighted by Crippen LogP contribution is -2.27. The molecular weight excluding hydrogens is 232 g/mol. The van der Waals surface area contributed by atoms with Crippen LogP contribution in [0, 0.1) is 11.8 Å². The Bertz CT molecular complexity index is 309. The van der Waals surface area contributed by atoms with E-state index in [-0.39, 0.29) is 17.7 Å². The Balaban J connectivity index is 1.68. The van der Waals surface area contributed by atoms with Crippen LogP contribution in [-0.2, 0) is 9.59 Å². The second kappa shape index (κ2) is 6.18. The summed E-state index contributed by atoms with van der Waals surface area (Å²) in [5.41, 5.74) is 0. The van der Waals surface area contributed by atoms with Crippen LogP contribution in [0.25, 0.3) is 0 Å². The SMILES string of the molecule is O=C(CCCC(C(=O)O)C1CCNC1)NC1CC1. The number of carboxylic acid groups (broad SMARTS) is 1. The zero-order valence-electron chi connectivity index (χ0n) is 10.7. The van der Waals surface area contributed by atoms with Crippen molar-refractivity contribution in [3.05, 3.63) is 0 Å². The van der Waals surface area contributed by atoms with E-state index >= 15 is 0 Å². The fourth-order valence-electron chi connectivity index (χ4n) is 2.59. The molecule has 0 spiro atoms. The summed E-state index contributed by atoms with van der Waals surface area (Å²) in [6.45, 7) is 1.71. The van der Waals surface area contributed by atoms with E-state index in [1.807, 2.05) is 0 Å². The number of hydrogen-bond donors (Lipinski definition) is 3. The van der Waals surface area contributed by atoms with Crippen molar-refractivity contribution in [2.24, 2.45) is 11.8 Å². The molecule has 5 nitrogen and oxygen atoms in total. The van der Waals surface area contributed by atoms with E-state index < -0.39 is 5.97 Å². The standard InChI is InChI=1S/C13H22N2O3/c16-12(15-10-4-5-10)3-1-2-11(13(17)18)9-6-7-14-8-9/h9-11,14H,1-8H2,(H,15,16)(H,17,18). The molecule has 0 aromatic rings. The van der Waals surface area contributed by atoms with Crippen LogP contribution in [0.3, 0.4) is 0 Å². The average molecular weight is 254 g/mol. The van der Waals surface area contributed by atoms with Crippen LogP contribution in [0.5, 0.6) is 0 Å². The molecule has 0 aromatic heterocycles. The van der Waals surface area contributed by atoms with Gasteiger partial charge in [-0.05, 0) is 51.1 Å². The van der Waals surface area contributed by atoms with Gasteiger partial charge in [-0.15, -0.1) is 0 Å². The number of carbonyl (C=O) groups excluding carboxylic acids is 1. The van der Waals surface area contributed by atoms with Gasteiger partial charge in [-0.3, -0.25) is 9.59 Å². The number of nitrogens with one attached hydrogen (secondary N) is 2. The molecule has 0 aromatic carbocycles. The van der Waals surface area contributed by atoms with Crippen molar-refractivity contribution in [3.63, 3.8) is 0 Å². The predicted octanol–water partition coefficient (Wildman–Crippen LogP) is 0.746. The topological polar surface area (TPSA) is 78.4 Å². The highest BCUT2D eigenvalue weighted by Crippen LogP contribution is 2.24. The van der Waals surface area contributed by atoms with Crippen LogP contribution in [0.15, 0.2) is 0 Å². The van der Waals surface area contributed by atoms with Gasteiger partial charge in [0.25, 0.3) is 0 Å². The number of aliphatic carboxylic acids is 1. The normalized spacial score (nSPS) is 24.8. The van der Waals surface area contributed by atoms with E-state index in [1.165, 1.54) is 0 Å². The van der Waals surface area contributed by atoms with Crippen LogP contribution >= 0.6 is 0 Å². The third kappa shape index (κ3) is 3.98. The highest BCUT2D eigenvalue weighted by molar-refractivity contribution is 5.76. The Morgan fingerprint density at radius 1 is 1.33 bits per heavy atom. The van der Waals surface area contributed by atoms with Gasteiger partial charge in [0, 0.05) is 12.5 Å². The number of carboxylic acids is 1. The minimum absolute atomic E-state index is 0.0752. The third-order valence-corrected chi connectivity index (χ3v) is 3.85. The largest absolute Gasteiger partial charge is 0.481 e. The Hall–Kier alpha value is -1.10. The van der Waals surface area contributed by atoms with Gasteiger partial charge in [-0.1, -0.05) is 0 Å². The predicted molar refractivity (Wildman–Crippen MR) is 67.1 cm³/mol. The molecular formula is C13H22N2O3. The molecule has 0 bridgehead atoms. The maximum atomic E-state index is 11.5. The molecule has 2 aliphatic rings. The summed E-state index contributed by atoms with van der Waals surface area (Å²) in [5.74, 6) is -0.708. The first-order valence-electron chi connectivity index (χ1n) is 6.89. The number of carbonyl (C=O) groups is 2. The minimum atomic E-state index is -0.716. The maximum absolute atomic E-state index is 11.5. The summed E-state index contributed by atoms with van der Waals surface area (Å²) in [5, 5.41) is 15.4. The molecule has 1 aliphatic carbocycles. The molecule has 1 amide bonds. The zero-order chi connectivity index (χ0) is 13.0. The van der Waals surface area contributed by atoms with Gasteiger partial charge in [0.05, 0.1) is 5.92 Å². The van der Waals surface area contributed by atoms with Crippen molar-refractivity contribution >= 4 is 11.9 Å².